The van der Waals surface area contributed by atoms with Crippen LogP contribution in [-0.2, 0) is 13.6 Å². The summed E-state index contributed by atoms with van der Waals surface area (Å²) in [7, 11) is 1.94. The Morgan fingerprint density at radius 3 is 2.72 bits per heavy atom. The minimum atomic E-state index is 0.606. The molecule has 0 amide bonds. The predicted molar refractivity (Wildman–Crippen MR) is 73.2 cm³/mol. The molecule has 0 unspecified atom stereocenters. The SMILES string of the molecule is Cc1cc(CN=C(N)N2CCC(C)CC2)n(C)n1. The highest BCUT2D eigenvalue weighted by molar-refractivity contribution is 5.78. The van der Waals surface area contributed by atoms with Gasteiger partial charge in [0.05, 0.1) is 17.9 Å². The zero-order valence-electron chi connectivity index (χ0n) is 11.6. The van der Waals surface area contributed by atoms with Crippen molar-refractivity contribution in [1.29, 1.82) is 0 Å². The number of hydrogen-bond donors (Lipinski definition) is 1. The van der Waals surface area contributed by atoms with Crippen LogP contribution in [0.2, 0.25) is 0 Å². The Morgan fingerprint density at radius 2 is 2.17 bits per heavy atom. The third kappa shape index (κ3) is 3.03. The van der Waals surface area contributed by atoms with Crippen molar-refractivity contribution in [3.8, 4) is 0 Å². The van der Waals surface area contributed by atoms with E-state index in [1.165, 1.54) is 12.8 Å². The summed E-state index contributed by atoms with van der Waals surface area (Å²) < 4.78 is 1.87. The van der Waals surface area contributed by atoms with Crippen molar-refractivity contribution in [2.24, 2.45) is 23.7 Å². The minimum Gasteiger partial charge on any atom is -0.370 e. The highest BCUT2D eigenvalue weighted by atomic mass is 15.3. The first-order valence-electron chi connectivity index (χ1n) is 6.60. The summed E-state index contributed by atoms with van der Waals surface area (Å²) in [5, 5.41) is 4.30. The van der Waals surface area contributed by atoms with E-state index in [-0.39, 0.29) is 0 Å². The van der Waals surface area contributed by atoms with Gasteiger partial charge in [-0.05, 0) is 31.7 Å². The topological polar surface area (TPSA) is 59.4 Å². The van der Waals surface area contributed by atoms with Gasteiger partial charge < -0.3 is 10.6 Å². The van der Waals surface area contributed by atoms with E-state index < -0.39 is 0 Å². The second kappa shape index (κ2) is 5.42. The molecule has 0 spiro atoms. The number of hydrogen-bond acceptors (Lipinski definition) is 2. The van der Waals surface area contributed by atoms with Gasteiger partial charge in [-0.1, -0.05) is 6.92 Å². The van der Waals surface area contributed by atoms with E-state index in [2.05, 4.69) is 28.0 Å². The van der Waals surface area contributed by atoms with E-state index in [1.54, 1.807) is 0 Å². The molecule has 2 rings (SSSR count). The Bertz CT molecular complexity index is 427. The molecule has 0 bridgehead atoms. The average Bonchev–Trinajstić information content (AvgIpc) is 2.66. The van der Waals surface area contributed by atoms with Crippen LogP contribution in [0.15, 0.2) is 11.1 Å². The third-order valence-electron chi connectivity index (χ3n) is 3.61. The van der Waals surface area contributed by atoms with Crippen LogP contribution in [0.5, 0.6) is 0 Å². The fraction of sp³-hybridized carbons (Fsp3) is 0.692. The zero-order chi connectivity index (χ0) is 13.1. The number of aliphatic imine (C=N–C) groups is 1. The van der Waals surface area contributed by atoms with Crippen LogP contribution in [0.3, 0.4) is 0 Å². The molecule has 2 heterocycles. The molecule has 2 N–H and O–H groups in total. The molecule has 0 aromatic carbocycles. The lowest BCUT2D eigenvalue weighted by atomic mass is 10.00. The first kappa shape index (κ1) is 12.9. The molecule has 5 heteroatoms. The van der Waals surface area contributed by atoms with Gasteiger partial charge in [-0.25, -0.2) is 4.99 Å². The number of piperidine rings is 1. The molecule has 1 aliphatic rings. The maximum absolute atomic E-state index is 6.04. The van der Waals surface area contributed by atoms with Gasteiger partial charge in [-0.3, -0.25) is 4.68 Å². The van der Waals surface area contributed by atoms with Gasteiger partial charge in [0.15, 0.2) is 5.96 Å². The molecule has 0 radical (unpaired) electrons. The number of aromatic nitrogens is 2. The van der Waals surface area contributed by atoms with Crippen LogP contribution in [0.4, 0.5) is 0 Å². The summed E-state index contributed by atoms with van der Waals surface area (Å²) in [6.45, 7) is 6.95. The summed E-state index contributed by atoms with van der Waals surface area (Å²) in [6, 6.07) is 2.05. The van der Waals surface area contributed by atoms with Gasteiger partial charge in [0.1, 0.15) is 0 Å². The van der Waals surface area contributed by atoms with Crippen molar-refractivity contribution in [1.82, 2.24) is 14.7 Å². The summed E-state index contributed by atoms with van der Waals surface area (Å²) in [4.78, 5) is 6.66. The van der Waals surface area contributed by atoms with E-state index >= 15 is 0 Å². The predicted octanol–water partition coefficient (Wildman–Crippen LogP) is 1.28. The second-order valence-electron chi connectivity index (χ2n) is 5.24. The molecular formula is C13H23N5. The third-order valence-corrected chi connectivity index (χ3v) is 3.61. The van der Waals surface area contributed by atoms with Gasteiger partial charge in [0.2, 0.25) is 0 Å². The van der Waals surface area contributed by atoms with Crippen LogP contribution in [-0.4, -0.2) is 33.7 Å². The first-order chi connectivity index (χ1) is 8.56. The van der Waals surface area contributed by atoms with Crippen LogP contribution in [0, 0.1) is 12.8 Å². The number of nitrogens with two attached hydrogens (primary N) is 1. The number of nitrogens with zero attached hydrogens (tertiary/aromatic N) is 4. The maximum Gasteiger partial charge on any atom is 0.191 e. The number of likely N-dealkylation sites (tertiary alicyclic amines) is 1. The number of aryl methyl sites for hydroxylation is 2. The van der Waals surface area contributed by atoms with E-state index in [1.807, 2.05) is 18.7 Å². The monoisotopic (exact) mass is 249 g/mol. The summed E-state index contributed by atoms with van der Waals surface area (Å²) in [6.07, 6.45) is 2.42. The molecule has 0 aliphatic carbocycles. The van der Waals surface area contributed by atoms with Gasteiger partial charge in [0.25, 0.3) is 0 Å². The average molecular weight is 249 g/mol. The largest absolute Gasteiger partial charge is 0.370 e. The minimum absolute atomic E-state index is 0.606. The molecule has 18 heavy (non-hydrogen) atoms. The lowest BCUT2D eigenvalue weighted by Crippen LogP contribution is -2.42. The van der Waals surface area contributed by atoms with E-state index in [0.29, 0.717) is 12.5 Å². The fourth-order valence-corrected chi connectivity index (χ4v) is 2.31. The molecule has 1 saturated heterocycles. The number of rotatable bonds is 2. The number of guanidine groups is 1. The normalized spacial score (nSPS) is 18.4. The molecule has 1 fully saturated rings. The summed E-state index contributed by atoms with van der Waals surface area (Å²) >= 11 is 0. The van der Waals surface area contributed by atoms with E-state index in [0.717, 1.165) is 30.4 Å². The van der Waals surface area contributed by atoms with Crippen molar-refractivity contribution in [3.05, 3.63) is 17.5 Å². The lowest BCUT2D eigenvalue weighted by molar-refractivity contribution is 0.277. The Morgan fingerprint density at radius 1 is 1.50 bits per heavy atom. The highest BCUT2D eigenvalue weighted by Crippen LogP contribution is 2.15. The highest BCUT2D eigenvalue weighted by Gasteiger charge is 2.16. The van der Waals surface area contributed by atoms with Gasteiger partial charge in [0, 0.05) is 20.1 Å². The summed E-state index contributed by atoms with van der Waals surface area (Å²) in [5.74, 6) is 1.48. The van der Waals surface area contributed by atoms with Crippen molar-refractivity contribution in [3.63, 3.8) is 0 Å². The Balaban J connectivity index is 1.94. The van der Waals surface area contributed by atoms with Crippen LogP contribution >= 0.6 is 0 Å². The van der Waals surface area contributed by atoms with Crippen molar-refractivity contribution < 1.29 is 0 Å². The fourth-order valence-electron chi connectivity index (χ4n) is 2.31. The zero-order valence-corrected chi connectivity index (χ0v) is 11.6. The van der Waals surface area contributed by atoms with Gasteiger partial charge in [-0.2, -0.15) is 5.10 Å². The molecule has 1 aromatic heterocycles. The van der Waals surface area contributed by atoms with Crippen molar-refractivity contribution in [2.75, 3.05) is 13.1 Å². The second-order valence-corrected chi connectivity index (χ2v) is 5.24. The van der Waals surface area contributed by atoms with Crippen molar-refractivity contribution in [2.45, 2.75) is 33.2 Å². The molecule has 0 saturated carbocycles. The van der Waals surface area contributed by atoms with E-state index in [9.17, 15) is 0 Å². The Kier molecular flexibility index (Phi) is 3.89. The van der Waals surface area contributed by atoms with Crippen molar-refractivity contribution >= 4 is 5.96 Å². The first-order valence-corrected chi connectivity index (χ1v) is 6.60. The van der Waals surface area contributed by atoms with E-state index in [4.69, 9.17) is 5.73 Å². The Hall–Kier alpha value is -1.52. The Labute approximate surface area is 109 Å². The lowest BCUT2D eigenvalue weighted by Gasteiger charge is -2.31. The molecule has 5 nitrogen and oxygen atoms in total. The molecule has 1 aliphatic heterocycles. The van der Waals surface area contributed by atoms with Gasteiger partial charge >= 0.3 is 0 Å². The standard InChI is InChI=1S/C13H23N5/c1-10-4-6-18(7-5-10)13(14)15-9-12-8-11(2)16-17(12)3/h8,10H,4-7,9H2,1-3H3,(H2,14,15). The van der Waals surface area contributed by atoms with Crippen LogP contribution in [0.1, 0.15) is 31.2 Å². The van der Waals surface area contributed by atoms with Gasteiger partial charge in [-0.15, -0.1) is 0 Å². The molecule has 1 aromatic rings. The van der Waals surface area contributed by atoms with Crippen LogP contribution in [0.25, 0.3) is 0 Å². The quantitative estimate of drug-likeness (QED) is 0.634. The summed E-state index contributed by atoms with van der Waals surface area (Å²) in [5.41, 5.74) is 8.16. The maximum atomic E-state index is 6.04. The molecule has 0 atom stereocenters. The molecule has 100 valence electrons. The van der Waals surface area contributed by atoms with Crippen LogP contribution < -0.4 is 5.73 Å². The molecular weight excluding hydrogens is 226 g/mol. The smallest absolute Gasteiger partial charge is 0.191 e.